The van der Waals surface area contributed by atoms with Crippen LogP contribution < -0.4 is 5.32 Å². The van der Waals surface area contributed by atoms with Crippen molar-refractivity contribution in [3.05, 3.63) is 63.2 Å². The number of hydrogen-bond donors (Lipinski definition) is 1. The normalized spacial score (nSPS) is 11.4. The molecule has 2 nitrogen and oxygen atoms in total. The number of benzene rings is 2. The summed E-state index contributed by atoms with van der Waals surface area (Å²) in [6, 6.07) is 6.51. The number of rotatable bonds is 2. The highest BCUT2D eigenvalue weighted by Gasteiger charge is 2.31. The standard InChI is InChI=1S/C17H15ClF3NO/c1-9-6-10(2)15(11(3)7-9)16(23)22-14-8-12(17(19,20)21)4-5-13(14)18/h4-8H,1-3H3,(H,22,23). The van der Waals surface area contributed by atoms with Gasteiger partial charge >= 0.3 is 6.18 Å². The molecule has 0 saturated heterocycles. The van der Waals surface area contributed by atoms with Crippen molar-refractivity contribution < 1.29 is 18.0 Å². The number of anilines is 1. The Labute approximate surface area is 137 Å². The van der Waals surface area contributed by atoms with Crippen LogP contribution in [0.1, 0.15) is 32.6 Å². The van der Waals surface area contributed by atoms with Crippen LogP contribution in [0.4, 0.5) is 18.9 Å². The van der Waals surface area contributed by atoms with E-state index in [1.54, 1.807) is 13.8 Å². The maximum Gasteiger partial charge on any atom is 0.416 e. The minimum Gasteiger partial charge on any atom is -0.321 e. The Morgan fingerprint density at radius 3 is 2.13 bits per heavy atom. The molecule has 0 aliphatic carbocycles. The number of carbonyl (C=O) groups is 1. The first-order chi connectivity index (χ1) is 10.6. The van der Waals surface area contributed by atoms with Gasteiger partial charge in [0.15, 0.2) is 0 Å². The lowest BCUT2D eigenvalue weighted by Gasteiger charge is -2.14. The van der Waals surface area contributed by atoms with Crippen LogP contribution in [-0.4, -0.2) is 5.91 Å². The van der Waals surface area contributed by atoms with Crippen LogP contribution in [0.2, 0.25) is 5.02 Å². The molecule has 0 heterocycles. The molecule has 2 aromatic rings. The van der Waals surface area contributed by atoms with Gasteiger partial charge < -0.3 is 5.32 Å². The van der Waals surface area contributed by atoms with Crippen LogP contribution in [0.25, 0.3) is 0 Å². The molecule has 6 heteroatoms. The van der Waals surface area contributed by atoms with Crippen molar-refractivity contribution in [2.45, 2.75) is 26.9 Å². The van der Waals surface area contributed by atoms with Crippen molar-refractivity contribution in [3.8, 4) is 0 Å². The van der Waals surface area contributed by atoms with E-state index in [9.17, 15) is 18.0 Å². The molecule has 0 unspecified atom stereocenters. The second-order valence-electron chi connectivity index (χ2n) is 5.42. The molecule has 0 bridgehead atoms. The fraction of sp³-hybridized carbons (Fsp3) is 0.235. The van der Waals surface area contributed by atoms with Crippen molar-refractivity contribution in [3.63, 3.8) is 0 Å². The smallest absolute Gasteiger partial charge is 0.321 e. The largest absolute Gasteiger partial charge is 0.416 e. The van der Waals surface area contributed by atoms with Gasteiger partial charge in [-0.15, -0.1) is 0 Å². The average Bonchev–Trinajstić information content (AvgIpc) is 2.38. The van der Waals surface area contributed by atoms with E-state index in [-0.39, 0.29) is 10.7 Å². The molecule has 2 aromatic carbocycles. The first-order valence-corrected chi connectivity index (χ1v) is 7.23. The lowest BCUT2D eigenvalue weighted by Crippen LogP contribution is -2.16. The van der Waals surface area contributed by atoms with Gasteiger partial charge in [0.25, 0.3) is 5.91 Å². The van der Waals surface area contributed by atoms with Crippen LogP contribution in [0.5, 0.6) is 0 Å². The third-order valence-electron chi connectivity index (χ3n) is 3.45. The van der Waals surface area contributed by atoms with E-state index in [1.165, 1.54) is 0 Å². The molecule has 0 aliphatic rings. The van der Waals surface area contributed by atoms with Gasteiger partial charge in [-0.05, 0) is 50.1 Å². The minimum absolute atomic E-state index is 0.0498. The summed E-state index contributed by atoms with van der Waals surface area (Å²) in [5.41, 5.74) is 2.02. The van der Waals surface area contributed by atoms with Crippen LogP contribution in [-0.2, 0) is 6.18 Å². The molecule has 0 atom stereocenters. The average molecular weight is 342 g/mol. The van der Waals surface area contributed by atoms with Gasteiger partial charge in [0.2, 0.25) is 0 Å². The molecule has 0 aromatic heterocycles. The minimum atomic E-state index is -4.50. The van der Waals surface area contributed by atoms with Crippen molar-refractivity contribution in [1.29, 1.82) is 0 Å². The van der Waals surface area contributed by atoms with Crippen LogP contribution in [0.3, 0.4) is 0 Å². The fourth-order valence-electron chi connectivity index (χ4n) is 2.52. The van der Waals surface area contributed by atoms with Crippen LogP contribution in [0, 0.1) is 20.8 Å². The Morgan fingerprint density at radius 1 is 1.04 bits per heavy atom. The Hall–Kier alpha value is -2.01. The number of alkyl halides is 3. The number of hydrogen-bond acceptors (Lipinski definition) is 1. The highest BCUT2D eigenvalue weighted by atomic mass is 35.5. The monoisotopic (exact) mass is 341 g/mol. The summed E-state index contributed by atoms with van der Waals surface area (Å²) in [5.74, 6) is -0.485. The first kappa shape index (κ1) is 17.3. The zero-order chi connectivity index (χ0) is 17.4. The molecule has 1 amide bonds. The molecule has 23 heavy (non-hydrogen) atoms. The summed E-state index contributed by atoms with van der Waals surface area (Å²) < 4.78 is 38.3. The van der Waals surface area contributed by atoms with Crippen molar-refractivity contribution in [2.75, 3.05) is 5.32 Å². The molecule has 0 spiro atoms. The van der Waals surface area contributed by atoms with E-state index >= 15 is 0 Å². The zero-order valence-corrected chi connectivity index (χ0v) is 13.6. The van der Waals surface area contributed by atoms with E-state index in [1.807, 2.05) is 19.1 Å². The van der Waals surface area contributed by atoms with Crippen molar-refractivity contribution >= 4 is 23.2 Å². The van der Waals surface area contributed by atoms with Gasteiger partial charge in [0, 0.05) is 5.56 Å². The van der Waals surface area contributed by atoms with Gasteiger partial charge in [0.1, 0.15) is 0 Å². The topological polar surface area (TPSA) is 29.1 Å². The summed E-state index contributed by atoms with van der Waals surface area (Å²) in [5, 5.41) is 2.52. The highest BCUT2D eigenvalue weighted by molar-refractivity contribution is 6.34. The fourth-order valence-corrected chi connectivity index (χ4v) is 2.69. The summed E-state index contributed by atoms with van der Waals surface area (Å²) in [4.78, 5) is 12.4. The third kappa shape index (κ3) is 3.85. The van der Waals surface area contributed by atoms with E-state index in [4.69, 9.17) is 11.6 Å². The molecule has 0 fully saturated rings. The maximum atomic E-state index is 12.8. The molecular weight excluding hydrogens is 327 g/mol. The van der Waals surface area contributed by atoms with Crippen molar-refractivity contribution in [2.24, 2.45) is 0 Å². The number of aryl methyl sites for hydroxylation is 3. The second-order valence-corrected chi connectivity index (χ2v) is 5.83. The molecular formula is C17H15ClF3NO. The van der Waals surface area contributed by atoms with Gasteiger partial charge in [-0.3, -0.25) is 4.79 Å². The summed E-state index contributed by atoms with van der Waals surface area (Å²) in [6.07, 6.45) is -4.50. The maximum absolute atomic E-state index is 12.8. The van der Waals surface area contributed by atoms with E-state index in [0.717, 1.165) is 34.9 Å². The number of nitrogens with one attached hydrogen (secondary N) is 1. The van der Waals surface area contributed by atoms with Gasteiger partial charge in [0.05, 0.1) is 16.3 Å². The van der Waals surface area contributed by atoms with E-state index in [2.05, 4.69) is 5.32 Å². The lowest BCUT2D eigenvalue weighted by molar-refractivity contribution is -0.137. The summed E-state index contributed by atoms with van der Waals surface area (Å²) in [6.45, 7) is 5.47. The zero-order valence-electron chi connectivity index (χ0n) is 12.8. The predicted octanol–water partition coefficient (Wildman–Crippen LogP) is 5.54. The third-order valence-corrected chi connectivity index (χ3v) is 3.78. The Bertz CT molecular complexity index is 746. The first-order valence-electron chi connectivity index (χ1n) is 6.85. The molecule has 122 valence electrons. The van der Waals surface area contributed by atoms with E-state index < -0.39 is 17.6 Å². The Morgan fingerprint density at radius 2 is 1.61 bits per heavy atom. The number of carbonyl (C=O) groups excluding carboxylic acids is 1. The Kier molecular flexibility index (Phi) is 4.71. The molecule has 0 saturated carbocycles. The molecule has 0 radical (unpaired) electrons. The predicted molar refractivity (Wildman–Crippen MR) is 85.1 cm³/mol. The van der Waals surface area contributed by atoms with Crippen LogP contribution in [0.15, 0.2) is 30.3 Å². The molecule has 1 N–H and O–H groups in total. The number of amides is 1. The highest BCUT2D eigenvalue weighted by Crippen LogP contribution is 2.34. The lowest BCUT2D eigenvalue weighted by atomic mass is 9.99. The van der Waals surface area contributed by atoms with E-state index in [0.29, 0.717) is 5.56 Å². The Balaban J connectivity index is 2.38. The summed E-state index contributed by atoms with van der Waals surface area (Å²) >= 11 is 5.90. The number of halogens is 4. The van der Waals surface area contributed by atoms with Gasteiger partial charge in [-0.2, -0.15) is 13.2 Å². The van der Waals surface area contributed by atoms with Gasteiger partial charge in [-0.25, -0.2) is 0 Å². The molecule has 0 aliphatic heterocycles. The SMILES string of the molecule is Cc1cc(C)c(C(=O)Nc2cc(C(F)(F)F)ccc2Cl)c(C)c1. The summed E-state index contributed by atoms with van der Waals surface area (Å²) in [7, 11) is 0. The molecule has 2 rings (SSSR count). The van der Waals surface area contributed by atoms with Crippen LogP contribution >= 0.6 is 11.6 Å². The second kappa shape index (κ2) is 6.24. The quantitative estimate of drug-likeness (QED) is 0.763. The van der Waals surface area contributed by atoms with Crippen molar-refractivity contribution in [1.82, 2.24) is 0 Å². The van der Waals surface area contributed by atoms with Gasteiger partial charge in [-0.1, -0.05) is 29.3 Å².